The summed E-state index contributed by atoms with van der Waals surface area (Å²) in [6, 6.07) is 6.07. The highest BCUT2D eigenvalue weighted by Gasteiger charge is 2.23. The van der Waals surface area contributed by atoms with Crippen LogP contribution < -0.4 is 5.32 Å². The smallest absolute Gasteiger partial charge is 0.326 e. The minimum atomic E-state index is -1.02. The summed E-state index contributed by atoms with van der Waals surface area (Å²) in [6.45, 7) is 3.50. The van der Waals surface area contributed by atoms with Crippen molar-refractivity contribution in [3.05, 3.63) is 34.9 Å². The van der Waals surface area contributed by atoms with Gasteiger partial charge in [0, 0.05) is 5.02 Å². The normalized spacial score (nSPS) is 12.2. The highest BCUT2D eigenvalue weighted by Crippen LogP contribution is 2.11. The second-order valence-corrected chi connectivity index (χ2v) is 4.87. The van der Waals surface area contributed by atoms with Crippen LogP contribution in [0.1, 0.15) is 19.4 Å². The first-order valence-electron chi connectivity index (χ1n) is 5.66. The topological polar surface area (TPSA) is 66.4 Å². The number of hydrogen-bond donors (Lipinski definition) is 2. The second kappa shape index (κ2) is 6.40. The molecule has 18 heavy (non-hydrogen) atoms. The molecule has 1 aromatic carbocycles. The van der Waals surface area contributed by atoms with Crippen LogP contribution in [0.3, 0.4) is 0 Å². The van der Waals surface area contributed by atoms with Gasteiger partial charge in [0.1, 0.15) is 6.04 Å². The molecular weight excluding hydrogens is 254 g/mol. The second-order valence-electron chi connectivity index (χ2n) is 4.43. The molecule has 0 unspecified atom stereocenters. The van der Waals surface area contributed by atoms with Gasteiger partial charge in [-0.1, -0.05) is 37.6 Å². The summed E-state index contributed by atoms with van der Waals surface area (Å²) in [5.41, 5.74) is 0.757. The summed E-state index contributed by atoms with van der Waals surface area (Å²) >= 11 is 5.81. The predicted molar refractivity (Wildman–Crippen MR) is 69.6 cm³/mol. The van der Waals surface area contributed by atoms with E-state index in [1.807, 2.05) is 0 Å². The van der Waals surface area contributed by atoms with E-state index in [4.69, 9.17) is 16.7 Å². The van der Waals surface area contributed by atoms with Crippen molar-refractivity contribution in [2.45, 2.75) is 26.3 Å². The molecule has 1 rings (SSSR count). The highest BCUT2D eigenvalue weighted by atomic mass is 35.5. The molecule has 0 aliphatic rings. The zero-order valence-corrected chi connectivity index (χ0v) is 11.1. The fourth-order valence-corrected chi connectivity index (χ4v) is 1.78. The van der Waals surface area contributed by atoms with Gasteiger partial charge in [-0.2, -0.15) is 0 Å². The standard InChI is InChI=1S/C13H16ClNO3/c1-8(2)12(13(17)18)15-11(16)7-9-4-3-5-10(14)6-9/h3-6,8,12H,7H2,1-2H3,(H,15,16)(H,17,18)/t12-/m0/s1. The molecule has 4 nitrogen and oxygen atoms in total. The van der Waals surface area contributed by atoms with Gasteiger partial charge in [-0.05, 0) is 23.6 Å². The van der Waals surface area contributed by atoms with E-state index in [9.17, 15) is 9.59 Å². The van der Waals surface area contributed by atoms with Crippen molar-refractivity contribution in [3.63, 3.8) is 0 Å². The van der Waals surface area contributed by atoms with Crippen LogP contribution in [-0.2, 0) is 16.0 Å². The first-order valence-corrected chi connectivity index (χ1v) is 6.04. The third-order valence-corrected chi connectivity index (χ3v) is 2.74. The van der Waals surface area contributed by atoms with Crippen LogP contribution in [0.5, 0.6) is 0 Å². The summed E-state index contributed by atoms with van der Waals surface area (Å²) in [6.07, 6.45) is 0.122. The van der Waals surface area contributed by atoms with Crippen LogP contribution in [0.15, 0.2) is 24.3 Å². The van der Waals surface area contributed by atoms with Gasteiger partial charge in [-0.3, -0.25) is 4.79 Å². The van der Waals surface area contributed by atoms with Gasteiger partial charge in [-0.25, -0.2) is 4.79 Å². The summed E-state index contributed by atoms with van der Waals surface area (Å²) in [5.74, 6) is -1.51. The molecule has 2 N–H and O–H groups in total. The van der Waals surface area contributed by atoms with Gasteiger partial charge in [0.2, 0.25) is 5.91 Å². The average molecular weight is 270 g/mol. The molecule has 0 aliphatic carbocycles. The van der Waals surface area contributed by atoms with Crippen molar-refractivity contribution in [3.8, 4) is 0 Å². The van der Waals surface area contributed by atoms with E-state index in [1.165, 1.54) is 0 Å². The number of carboxylic acids is 1. The van der Waals surface area contributed by atoms with Crippen LogP contribution in [0.4, 0.5) is 0 Å². The third kappa shape index (κ3) is 4.37. The van der Waals surface area contributed by atoms with Crippen molar-refractivity contribution in [2.75, 3.05) is 0 Å². The minimum Gasteiger partial charge on any atom is -0.480 e. The molecule has 0 heterocycles. The molecule has 0 aromatic heterocycles. The van der Waals surface area contributed by atoms with Crippen molar-refractivity contribution in [1.82, 2.24) is 5.32 Å². The maximum Gasteiger partial charge on any atom is 0.326 e. The van der Waals surface area contributed by atoms with Crippen molar-refractivity contribution in [2.24, 2.45) is 5.92 Å². The molecule has 1 aromatic rings. The molecular formula is C13H16ClNO3. The van der Waals surface area contributed by atoms with E-state index in [1.54, 1.807) is 38.1 Å². The van der Waals surface area contributed by atoms with Gasteiger partial charge >= 0.3 is 5.97 Å². The quantitative estimate of drug-likeness (QED) is 0.860. The molecule has 1 atom stereocenters. The maximum absolute atomic E-state index is 11.7. The van der Waals surface area contributed by atoms with Crippen LogP contribution >= 0.6 is 11.6 Å². The summed E-state index contributed by atoms with van der Waals surface area (Å²) in [4.78, 5) is 22.7. The molecule has 0 spiro atoms. The highest BCUT2D eigenvalue weighted by molar-refractivity contribution is 6.30. The Hall–Kier alpha value is -1.55. The lowest BCUT2D eigenvalue weighted by molar-refractivity contribution is -0.143. The first-order chi connectivity index (χ1) is 8.40. The number of rotatable bonds is 5. The number of hydrogen-bond acceptors (Lipinski definition) is 2. The summed E-state index contributed by atoms with van der Waals surface area (Å²) < 4.78 is 0. The molecule has 5 heteroatoms. The molecule has 0 radical (unpaired) electrons. The van der Waals surface area contributed by atoms with E-state index in [-0.39, 0.29) is 18.2 Å². The Morgan fingerprint density at radius 3 is 2.56 bits per heavy atom. The lowest BCUT2D eigenvalue weighted by Crippen LogP contribution is -2.44. The Bertz CT molecular complexity index is 446. The van der Waals surface area contributed by atoms with Crippen LogP contribution in [0.25, 0.3) is 0 Å². The fourth-order valence-electron chi connectivity index (χ4n) is 1.57. The van der Waals surface area contributed by atoms with Crippen molar-refractivity contribution >= 4 is 23.5 Å². The number of nitrogens with one attached hydrogen (secondary N) is 1. The number of halogens is 1. The van der Waals surface area contributed by atoms with Gasteiger partial charge < -0.3 is 10.4 Å². The first kappa shape index (κ1) is 14.5. The number of aliphatic carboxylic acids is 1. The molecule has 0 saturated carbocycles. The molecule has 0 saturated heterocycles. The molecule has 98 valence electrons. The van der Waals surface area contributed by atoms with E-state index < -0.39 is 12.0 Å². The number of carbonyl (C=O) groups excluding carboxylic acids is 1. The minimum absolute atomic E-state index is 0.122. The van der Waals surface area contributed by atoms with E-state index in [2.05, 4.69) is 5.32 Å². The van der Waals surface area contributed by atoms with E-state index >= 15 is 0 Å². The SMILES string of the molecule is CC(C)[C@H](NC(=O)Cc1cccc(Cl)c1)C(=O)O. The van der Waals surface area contributed by atoms with Crippen molar-refractivity contribution in [1.29, 1.82) is 0 Å². The lowest BCUT2D eigenvalue weighted by atomic mass is 10.0. The Morgan fingerprint density at radius 1 is 1.39 bits per heavy atom. The van der Waals surface area contributed by atoms with E-state index in [0.29, 0.717) is 5.02 Å². The third-order valence-electron chi connectivity index (χ3n) is 2.50. The van der Waals surface area contributed by atoms with Crippen molar-refractivity contribution < 1.29 is 14.7 Å². The largest absolute Gasteiger partial charge is 0.480 e. The Morgan fingerprint density at radius 2 is 2.06 bits per heavy atom. The summed E-state index contributed by atoms with van der Waals surface area (Å²) in [5, 5.41) is 12.0. The van der Waals surface area contributed by atoms with Crippen LogP contribution in [-0.4, -0.2) is 23.0 Å². The van der Waals surface area contributed by atoms with Gasteiger partial charge in [0.05, 0.1) is 6.42 Å². The van der Waals surface area contributed by atoms with Gasteiger partial charge in [-0.15, -0.1) is 0 Å². The Labute approximate surface area is 111 Å². The zero-order valence-electron chi connectivity index (χ0n) is 10.3. The summed E-state index contributed by atoms with van der Waals surface area (Å²) in [7, 11) is 0. The zero-order chi connectivity index (χ0) is 13.7. The van der Waals surface area contributed by atoms with E-state index in [0.717, 1.165) is 5.56 Å². The van der Waals surface area contributed by atoms with Gasteiger partial charge in [0.15, 0.2) is 0 Å². The number of benzene rings is 1. The number of carbonyl (C=O) groups is 2. The number of carboxylic acid groups (broad SMARTS) is 1. The van der Waals surface area contributed by atoms with Crippen LogP contribution in [0.2, 0.25) is 5.02 Å². The maximum atomic E-state index is 11.7. The fraction of sp³-hybridized carbons (Fsp3) is 0.385. The molecule has 0 bridgehead atoms. The van der Waals surface area contributed by atoms with Gasteiger partial charge in [0.25, 0.3) is 0 Å². The molecule has 1 amide bonds. The molecule has 0 aliphatic heterocycles. The van der Waals surface area contributed by atoms with Crippen LogP contribution in [0, 0.1) is 5.92 Å². The predicted octanol–water partition coefficient (Wildman–Crippen LogP) is 2.11. The monoisotopic (exact) mass is 269 g/mol. The Kier molecular flexibility index (Phi) is 5.16. The number of amides is 1. The lowest BCUT2D eigenvalue weighted by Gasteiger charge is -2.17. The molecule has 0 fully saturated rings. The average Bonchev–Trinajstić information content (AvgIpc) is 2.25. The Balaban J connectivity index is 2.63.